The highest BCUT2D eigenvalue weighted by molar-refractivity contribution is 5.80. The summed E-state index contributed by atoms with van der Waals surface area (Å²) in [5.41, 5.74) is 0. The van der Waals surface area contributed by atoms with E-state index in [1.54, 1.807) is 0 Å². The van der Waals surface area contributed by atoms with Gasteiger partial charge in [0, 0.05) is 25.0 Å². The van der Waals surface area contributed by atoms with Crippen molar-refractivity contribution in [2.75, 3.05) is 13.1 Å². The zero-order valence-electron chi connectivity index (χ0n) is 8.96. The smallest absolute Gasteiger partial charge is 0.224 e. The average molecular weight is 196 g/mol. The summed E-state index contributed by atoms with van der Waals surface area (Å²) in [6, 6.07) is 0.936. The Morgan fingerprint density at radius 3 is 3.14 bits per heavy atom. The van der Waals surface area contributed by atoms with Crippen LogP contribution in [0.3, 0.4) is 0 Å². The predicted octanol–water partition coefficient (Wildman–Crippen LogP) is 1.14. The second-order valence-corrected chi connectivity index (χ2v) is 4.42. The number of hydrogen-bond acceptors (Lipinski definition) is 2. The highest BCUT2D eigenvalue weighted by Crippen LogP contribution is 2.27. The first-order valence-electron chi connectivity index (χ1n) is 5.85. The highest BCUT2D eigenvalue weighted by atomic mass is 16.2. The molecule has 0 aliphatic carbocycles. The molecule has 2 aliphatic rings. The number of hydrogen-bond donors (Lipinski definition) is 1. The first-order valence-corrected chi connectivity index (χ1v) is 5.85. The summed E-state index contributed by atoms with van der Waals surface area (Å²) in [7, 11) is 0. The quantitative estimate of drug-likeness (QED) is 0.734. The third kappa shape index (κ3) is 1.78. The molecule has 2 aliphatic heterocycles. The van der Waals surface area contributed by atoms with Gasteiger partial charge >= 0.3 is 0 Å². The molecule has 1 N–H and O–H groups in total. The summed E-state index contributed by atoms with van der Waals surface area (Å²) in [6.07, 6.45) is 5.57. The number of nitrogens with zero attached hydrogens (tertiary/aromatic N) is 1. The Morgan fingerprint density at radius 2 is 2.36 bits per heavy atom. The molecule has 0 saturated carbocycles. The Hall–Kier alpha value is -0.570. The molecular weight excluding hydrogens is 176 g/mol. The summed E-state index contributed by atoms with van der Waals surface area (Å²) in [4.78, 5) is 13.8. The lowest BCUT2D eigenvalue weighted by molar-refractivity contribution is -0.129. The lowest BCUT2D eigenvalue weighted by atomic mass is 9.99. The zero-order valence-corrected chi connectivity index (χ0v) is 8.96. The molecule has 3 nitrogen and oxygen atoms in total. The van der Waals surface area contributed by atoms with Crippen LogP contribution in [0.15, 0.2) is 0 Å². The Labute approximate surface area is 85.8 Å². The molecule has 2 heterocycles. The van der Waals surface area contributed by atoms with Crippen molar-refractivity contribution in [2.24, 2.45) is 0 Å². The van der Waals surface area contributed by atoms with E-state index in [9.17, 15) is 4.79 Å². The van der Waals surface area contributed by atoms with E-state index in [0.717, 1.165) is 25.9 Å². The van der Waals surface area contributed by atoms with Gasteiger partial charge in [-0.2, -0.15) is 0 Å². The fourth-order valence-corrected chi connectivity index (χ4v) is 2.66. The van der Waals surface area contributed by atoms with Crippen LogP contribution in [0.5, 0.6) is 0 Å². The summed E-state index contributed by atoms with van der Waals surface area (Å²) in [6.45, 7) is 4.21. The van der Waals surface area contributed by atoms with Gasteiger partial charge in [-0.25, -0.2) is 0 Å². The molecule has 80 valence electrons. The number of carbonyl (C=O) groups is 1. The van der Waals surface area contributed by atoms with E-state index in [2.05, 4.69) is 17.1 Å². The van der Waals surface area contributed by atoms with E-state index in [-0.39, 0.29) is 0 Å². The summed E-state index contributed by atoms with van der Waals surface area (Å²) < 4.78 is 0. The molecule has 2 fully saturated rings. The van der Waals surface area contributed by atoms with Crippen LogP contribution in [0.4, 0.5) is 0 Å². The lowest BCUT2D eigenvalue weighted by Crippen LogP contribution is -2.45. The first-order chi connectivity index (χ1) is 6.83. The molecule has 0 aromatic heterocycles. The van der Waals surface area contributed by atoms with E-state index in [4.69, 9.17) is 0 Å². The van der Waals surface area contributed by atoms with Crippen LogP contribution in [0, 0.1) is 0 Å². The Balaban J connectivity index is 1.95. The van der Waals surface area contributed by atoms with Crippen molar-refractivity contribution in [3.8, 4) is 0 Å². The van der Waals surface area contributed by atoms with Gasteiger partial charge in [-0.3, -0.25) is 4.79 Å². The number of amides is 1. The standard InChI is InChI=1S/C11H20N2O/c1-2-6-12-9-8-11(14)13-7-4-3-5-10(9)13/h9-10,12H,2-8H2,1H3. The predicted molar refractivity (Wildman–Crippen MR) is 56.1 cm³/mol. The van der Waals surface area contributed by atoms with E-state index in [1.165, 1.54) is 19.3 Å². The molecule has 14 heavy (non-hydrogen) atoms. The van der Waals surface area contributed by atoms with E-state index in [1.807, 2.05) is 0 Å². The van der Waals surface area contributed by atoms with E-state index in [0.29, 0.717) is 18.0 Å². The van der Waals surface area contributed by atoms with Gasteiger partial charge in [0.15, 0.2) is 0 Å². The molecule has 0 aromatic rings. The van der Waals surface area contributed by atoms with Crippen LogP contribution >= 0.6 is 0 Å². The number of nitrogens with one attached hydrogen (secondary N) is 1. The molecule has 0 aromatic carbocycles. The van der Waals surface area contributed by atoms with Crippen molar-refractivity contribution in [1.82, 2.24) is 10.2 Å². The van der Waals surface area contributed by atoms with Crippen LogP contribution < -0.4 is 5.32 Å². The van der Waals surface area contributed by atoms with Crippen LogP contribution in [-0.4, -0.2) is 36.0 Å². The number of rotatable bonds is 3. The normalized spacial score (nSPS) is 32.1. The SMILES string of the molecule is CCCNC1CC(=O)N2CCCCC12. The van der Waals surface area contributed by atoms with Crippen molar-refractivity contribution >= 4 is 5.91 Å². The average Bonchev–Trinajstić information content (AvgIpc) is 2.54. The second-order valence-electron chi connectivity index (χ2n) is 4.42. The molecule has 2 unspecified atom stereocenters. The Bertz CT molecular complexity index is 217. The van der Waals surface area contributed by atoms with Crippen molar-refractivity contribution in [3.05, 3.63) is 0 Å². The summed E-state index contributed by atoms with van der Waals surface area (Å²) >= 11 is 0. The maximum Gasteiger partial charge on any atom is 0.224 e. The first kappa shape index (κ1) is 9.97. The molecule has 0 bridgehead atoms. The van der Waals surface area contributed by atoms with Gasteiger partial charge in [0.2, 0.25) is 5.91 Å². The Kier molecular flexibility index (Phi) is 3.06. The minimum absolute atomic E-state index is 0.364. The van der Waals surface area contributed by atoms with Gasteiger partial charge in [0.25, 0.3) is 0 Å². The minimum Gasteiger partial charge on any atom is -0.338 e. The largest absolute Gasteiger partial charge is 0.338 e. The van der Waals surface area contributed by atoms with Crippen molar-refractivity contribution in [2.45, 2.75) is 51.1 Å². The third-order valence-electron chi connectivity index (χ3n) is 3.39. The molecule has 2 saturated heterocycles. The maximum absolute atomic E-state index is 11.7. The molecule has 0 spiro atoms. The third-order valence-corrected chi connectivity index (χ3v) is 3.39. The van der Waals surface area contributed by atoms with Crippen molar-refractivity contribution in [3.63, 3.8) is 0 Å². The van der Waals surface area contributed by atoms with Gasteiger partial charge in [0.05, 0.1) is 0 Å². The fraction of sp³-hybridized carbons (Fsp3) is 0.909. The maximum atomic E-state index is 11.7. The number of fused-ring (bicyclic) bond motifs is 1. The van der Waals surface area contributed by atoms with Gasteiger partial charge in [0.1, 0.15) is 0 Å². The van der Waals surface area contributed by atoms with Crippen LogP contribution in [-0.2, 0) is 4.79 Å². The van der Waals surface area contributed by atoms with Crippen molar-refractivity contribution < 1.29 is 4.79 Å². The molecular formula is C11H20N2O. The summed E-state index contributed by atoms with van der Waals surface area (Å²) in [5.74, 6) is 0.364. The van der Waals surface area contributed by atoms with Gasteiger partial charge < -0.3 is 10.2 Å². The minimum atomic E-state index is 0.364. The molecule has 3 heteroatoms. The van der Waals surface area contributed by atoms with Crippen LogP contribution in [0.1, 0.15) is 39.0 Å². The number of carbonyl (C=O) groups excluding carboxylic acids is 1. The van der Waals surface area contributed by atoms with Crippen LogP contribution in [0.2, 0.25) is 0 Å². The molecule has 0 radical (unpaired) electrons. The zero-order chi connectivity index (χ0) is 9.97. The van der Waals surface area contributed by atoms with Gasteiger partial charge in [-0.05, 0) is 32.2 Å². The van der Waals surface area contributed by atoms with E-state index >= 15 is 0 Å². The summed E-state index contributed by atoms with van der Waals surface area (Å²) in [5, 5.41) is 3.50. The molecule has 1 amide bonds. The highest BCUT2D eigenvalue weighted by Gasteiger charge is 2.39. The van der Waals surface area contributed by atoms with Crippen molar-refractivity contribution in [1.29, 1.82) is 0 Å². The second kappa shape index (κ2) is 4.30. The number of piperidine rings is 1. The Morgan fingerprint density at radius 1 is 1.50 bits per heavy atom. The molecule has 2 atom stereocenters. The van der Waals surface area contributed by atoms with E-state index < -0.39 is 0 Å². The van der Waals surface area contributed by atoms with Gasteiger partial charge in [-0.15, -0.1) is 0 Å². The molecule has 2 rings (SSSR count). The fourth-order valence-electron chi connectivity index (χ4n) is 2.66. The monoisotopic (exact) mass is 196 g/mol. The lowest BCUT2D eigenvalue weighted by Gasteiger charge is -2.32. The van der Waals surface area contributed by atoms with Gasteiger partial charge in [-0.1, -0.05) is 6.92 Å². The topological polar surface area (TPSA) is 32.3 Å². The van der Waals surface area contributed by atoms with Crippen LogP contribution in [0.25, 0.3) is 0 Å².